The summed E-state index contributed by atoms with van der Waals surface area (Å²) in [4.78, 5) is 26.8. The molecule has 2 aliphatic heterocycles. The van der Waals surface area contributed by atoms with Crippen molar-refractivity contribution in [2.24, 2.45) is 5.92 Å². The molecular formula is C25H23FN6O. The fraction of sp³-hybridized carbons (Fsp3) is 0.280. The van der Waals surface area contributed by atoms with Gasteiger partial charge in [0.25, 0.3) is 5.91 Å². The largest absolute Gasteiger partial charge is 0.353 e. The minimum absolute atomic E-state index is 0.0346. The summed E-state index contributed by atoms with van der Waals surface area (Å²) in [6.07, 6.45) is 6.26. The molecule has 0 N–H and O–H groups in total. The molecule has 0 bridgehead atoms. The number of amides is 1. The fourth-order valence-corrected chi connectivity index (χ4v) is 4.95. The standard InChI is InChI=1S/C25H23FN6O/c1-16-3-6-22(32-9-2-8-28-32)19(11-16)25(33)31-14-17-7-10-30(15-23(17)31)24-13-27-21-12-18(26)4-5-20(21)29-24/h2-6,8-9,11-13,17,23H,7,10,14-15H2,1H3/t17-,23-/m1/s1. The van der Waals surface area contributed by atoms with Crippen LogP contribution in [0.25, 0.3) is 16.7 Å². The van der Waals surface area contributed by atoms with Crippen molar-refractivity contribution in [3.8, 4) is 5.69 Å². The van der Waals surface area contributed by atoms with Crippen LogP contribution in [-0.2, 0) is 0 Å². The van der Waals surface area contributed by atoms with Crippen LogP contribution in [0.15, 0.2) is 61.1 Å². The molecule has 7 nitrogen and oxygen atoms in total. The second-order valence-corrected chi connectivity index (χ2v) is 8.85. The lowest BCUT2D eigenvalue weighted by Gasteiger charge is -2.53. The minimum atomic E-state index is -0.320. The second-order valence-electron chi connectivity index (χ2n) is 8.85. The van der Waals surface area contributed by atoms with Crippen molar-refractivity contribution in [1.82, 2.24) is 24.6 Å². The molecule has 33 heavy (non-hydrogen) atoms. The van der Waals surface area contributed by atoms with Crippen molar-refractivity contribution in [3.05, 3.63) is 78.0 Å². The number of carbonyl (C=O) groups excluding carboxylic acids is 1. The molecule has 2 aliphatic rings. The second kappa shape index (κ2) is 7.65. The van der Waals surface area contributed by atoms with Gasteiger partial charge < -0.3 is 9.80 Å². The number of halogens is 1. The maximum absolute atomic E-state index is 13.6. The van der Waals surface area contributed by atoms with Crippen molar-refractivity contribution in [1.29, 1.82) is 0 Å². The molecule has 0 spiro atoms. The number of carbonyl (C=O) groups is 1. The lowest BCUT2D eigenvalue weighted by Crippen LogP contribution is -2.66. The number of nitrogens with zero attached hydrogens (tertiary/aromatic N) is 6. The summed E-state index contributed by atoms with van der Waals surface area (Å²) >= 11 is 0. The van der Waals surface area contributed by atoms with E-state index in [0.29, 0.717) is 29.1 Å². The van der Waals surface area contributed by atoms with Crippen LogP contribution >= 0.6 is 0 Å². The van der Waals surface area contributed by atoms with Crippen LogP contribution in [0.3, 0.4) is 0 Å². The predicted molar refractivity (Wildman–Crippen MR) is 123 cm³/mol. The number of piperidine rings is 1. The Hall–Kier alpha value is -3.81. The van der Waals surface area contributed by atoms with E-state index in [4.69, 9.17) is 4.98 Å². The summed E-state index contributed by atoms with van der Waals surface area (Å²) in [5.74, 6) is 0.970. The van der Waals surface area contributed by atoms with Crippen LogP contribution in [0.1, 0.15) is 22.3 Å². The van der Waals surface area contributed by atoms with Gasteiger partial charge in [-0.05, 0) is 43.7 Å². The van der Waals surface area contributed by atoms with E-state index in [1.165, 1.54) is 12.1 Å². The Bertz CT molecular complexity index is 1350. The molecule has 8 heteroatoms. The maximum Gasteiger partial charge on any atom is 0.256 e. The molecule has 2 fully saturated rings. The van der Waals surface area contributed by atoms with E-state index in [0.717, 1.165) is 36.6 Å². The van der Waals surface area contributed by atoms with Crippen LogP contribution in [0, 0.1) is 18.7 Å². The molecule has 0 unspecified atom stereocenters. The lowest BCUT2D eigenvalue weighted by atomic mass is 9.81. The number of benzene rings is 2. The molecule has 0 saturated carbocycles. The highest BCUT2D eigenvalue weighted by Gasteiger charge is 2.45. The average molecular weight is 442 g/mol. The average Bonchev–Trinajstić information content (AvgIpc) is 3.34. The maximum atomic E-state index is 13.6. The van der Waals surface area contributed by atoms with Crippen molar-refractivity contribution in [3.63, 3.8) is 0 Å². The van der Waals surface area contributed by atoms with Crippen molar-refractivity contribution < 1.29 is 9.18 Å². The third-order valence-electron chi connectivity index (χ3n) is 6.76. The van der Waals surface area contributed by atoms with Gasteiger partial charge >= 0.3 is 0 Å². The molecule has 1 amide bonds. The van der Waals surface area contributed by atoms with Gasteiger partial charge in [0, 0.05) is 44.0 Å². The minimum Gasteiger partial charge on any atom is -0.353 e. The molecule has 166 valence electrons. The van der Waals surface area contributed by atoms with Crippen molar-refractivity contribution in [2.75, 3.05) is 24.5 Å². The normalized spacial score (nSPS) is 19.9. The Balaban J connectivity index is 1.26. The van der Waals surface area contributed by atoms with E-state index in [2.05, 4.69) is 15.0 Å². The third-order valence-corrected chi connectivity index (χ3v) is 6.76. The molecule has 2 saturated heterocycles. The lowest BCUT2D eigenvalue weighted by molar-refractivity contribution is 0.00779. The summed E-state index contributed by atoms with van der Waals surface area (Å²) in [6.45, 7) is 4.34. The van der Waals surface area contributed by atoms with Gasteiger partial charge in [-0.15, -0.1) is 0 Å². The fourth-order valence-electron chi connectivity index (χ4n) is 4.95. The van der Waals surface area contributed by atoms with E-state index in [1.807, 2.05) is 42.3 Å². The number of hydrogen-bond acceptors (Lipinski definition) is 5. The zero-order chi connectivity index (χ0) is 22.5. The van der Waals surface area contributed by atoms with Crippen LogP contribution in [0.5, 0.6) is 0 Å². The summed E-state index contributed by atoms with van der Waals surface area (Å²) in [5, 5.41) is 4.32. The quantitative estimate of drug-likeness (QED) is 0.485. The Morgan fingerprint density at radius 2 is 2.03 bits per heavy atom. The van der Waals surface area contributed by atoms with Crippen molar-refractivity contribution >= 4 is 22.8 Å². The summed E-state index contributed by atoms with van der Waals surface area (Å²) in [5.41, 5.74) is 3.71. The highest BCUT2D eigenvalue weighted by atomic mass is 19.1. The Labute approximate surface area is 190 Å². The molecule has 2 aromatic carbocycles. The molecule has 4 heterocycles. The van der Waals surface area contributed by atoms with Crippen molar-refractivity contribution in [2.45, 2.75) is 19.4 Å². The first-order valence-corrected chi connectivity index (χ1v) is 11.2. The first-order valence-electron chi connectivity index (χ1n) is 11.2. The predicted octanol–water partition coefficient (Wildman–Crippen LogP) is 3.61. The molecule has 6 rings (SSSR count). The number of aromatic nitrogens is 4. The first kappa shape index (κ1) is 19.8. The monoisotopic (exact) mass is 442 g/mol. The topological polar surface area (TPSA) is 67.2 Å². The smallest absolute Gasteiger partial charge is 0.256 e. The van der Waals surface area contributed by atoms with Crippen LogP contribution in [0.2, 0.25) is 0 Å². The van der Waals surface area contributed by atoms with Crippen LogP contribution < -0.4 is 4.90 Å². The van der Waals surface area contributed by atoms with Crippen LogP contribution in [0.4, 0.5) is 10.2 Å². The number of hydrogen-bond donors (Lipinski definition) is 0. The zero-order valence-corrected chi connectivity index (χ0v) is 18.2. The van der Waals surface area contributed by atoms with Gasteiger partial charge in [0.05, 0.1) is 34.5 Å². The highest BCUT2D eigenvalue weighted by molar-refractivity contribution is 5.98. The molecule has 4 aromatic rings. The summed E-state index contributed by atoms with van der Waals surface area (Å²) < 4.78 is 15.2. The first-order chi connectivity index (χ1) is 16.1. The SMILES string of the molecule is Cc1ccc(-n2cccn2)c(C(=O)N2C[C@H]3CCN(c4cnc5cc(F)ccc5n4)C[C@H]32)c1. The van der Waals surface area contributed by atoms with Gasteiger partial charge in [0.15, 0.2) is 0 Å². The Morgan fingerprint density at radius 1 is 1.12 bits per heavy atom. The molecule has 0 radical (unpaired) electrons. The number of likely N-dealkylation sites (tertiary alicyclic amines) is 1. The summed E-state index contributed by atoms with van der Waals surface area (Å²) in [7, 11) is 0. The molecular weight excluding hydrogens is 419 g/mol. The van der Waals surface area contributed by atoms with Gasteiger partial charge in [-0.3, -0.25) is 9.78 Å². The number of rotatable bonds is 3. The van der Waals surface area contributed by atoms with Gasteiger partial charge in [-0.25, -0.2) is 14.1 Å². The summed E-state index contributed by atoms with van der Waals surface area (Å²) in [6, 6.07) is 12.3. The zero-order valence-electron chi connectivity index (χ0n) is 18.2. The number of fused-ring (bicyclic) bond motifs is 2. The Morgan fingerprint density at radius 3 is 2.88 bits per heavy atom. The number of anilines is 1. The molecule has 2 aromatic heterocycles. The van der Waals surface area contributed by atoms with Gasteiger partial charge in [0.2, 0.25) is 0 Å². The molecule has 2 atom stereocenters. The van der Waals surface area contributed by atoms with Gasteiger partial charge in [-0.1, -0.05) is 11.6 Å². The van der Waals surface area contributed by atoms with E-state index in [1.54, 1.807) is 23.1 Å². The highest BCUT2D eigenvalue weighted by Crippen LogP contribution is 2.36. The van der Waals surface area contributed by atoms with E-state index >= 15 is 0 Å². The van der Waals surface area contributed by atoms with E-state index < -0.39 is 0 Å². The van der Waals surface area contributed by atoms with Gasteiger partial charge in [0.1, 0.15) is 11.6 Å². The molecule has 0 aliphatic carbocycles. The number of aryl methyl sites for hydroxylation is 1. The van der Waals surface area contributed by atoms with Crippen LogP contribution in [-0.4, -0.2) is 56.2 Å². The third kappa shape index (κ3) is 3.42. The van der Waals surface area contributed by atoms with E-state index in [9.17, 15) is 9.18 Å². The Kier molecular flexibility index (Phi) is 4.60. The van der Waals surface area contributed by atoms with E-state index in [-0.39, 0.29) is 17.8 Å². The van der Waals surface area contributed by atoms with Gasteiger partial charge in [-0.2, -0.15) is 5.10 Å².